The quantitative estimate of drug-likeness (QED) is 0.159. The van der Waals surface area contributed by atoms with Crippen molar-refractivity contribution in [2.75, 3.05) is 18.4 Å². The topological polar surface area (TPSA) is 115 Å². The number of aliphatic hydroxyl groups excluding tert-OH is 1. The number of pyridine rings is 1. The van der Waals surface area contributed by atoms with E-state index < -0.39 is 6.10 Å². The zero-order valence-corrected chi connectivity index (χ0v) is 23.2. The number of urea groups is 1. The lowest BCUT2D eigenvalue weighted by molar-refractivity contribution is 0.176. The molecule has 0 saturated heterocycles. The van der Waals surface area contributed by atoms with E-state index in [0.29, 0.717) is 36.5 Å². The molecule has 1 saturated carbocycles. The molecule has 8 nitrogen and oxygen atoms in total. The van der Waals surface area contributed by atoms with Crippen molar-refractivity contribution >= 4 is 22.6 Å². The molecule has 5 N–H and O–H groups in total. The Kier molecular flexibility index (Phi) is 9.67. The summed E-state index contributed by atoms with van der Waals surface area (Å²) in [4.78, 5) is 27.4. The number of amides is 2. The SMILES string of the molecule is O=C(Nc1cccc(CCNC[C@@H](O)c2ccc(OCc3ccccc3)c3[nH]c(=O)ccc23)c1)NC1CCCCC1. The summed E-state index contributed by atoms with van der Waals surface area (Å²) in [6.07, 6.45) is 5.66. The Labute approximate surface area is 240 Å². The normalized spacial score (nSPS) is 14.5. The van der Waals surface area contributed by atoms with Gasteiger partial charge in [-0.1, -0.05) is 67.8 Å². The Morgan fingerprint density at radius 2 is 1.76 bits per heavy atom. The van der Waals surface area contributed by atoms with Gasteiger partial charge in [-0.3, -0.25) is 4.79 Å². The predicted octanol–water partition coefficient (Wildman–Crippen LogP) is 5.43. The second-order valence-electron chi connectivity index (χ2n) is 10.6. The first kappa shape index (κ1) is 28.4. The van der Waals surface area contributed by atoms with Crippen molar-refractivity contribution in [3.05, 3.63) is 106 Å². The number of hydrogen-bond acceptors (Lipinski definition) is 5. The highest BCUT2D eigenvalue weighted by molar-refractivity contribution is 5.89. The molecule has 3 aromatic carbocycles. The van der Waals surface area contributed by atoms with Gasteiger partial charge in [-0.05, 0) is 66.8 Å². The molecule has 4 aromatic rings. The summed E-state index contributed by atoms with van der Waals surface area (Å²) in [6.45, 7) is 1.38. The van der Waals surface area contributed by atoms with Gasteiger partial charge in [0.05, 0.1) is 11.6 Å². The van der Waals surface area contributed by atoms with E-state index >= 15 is 0 Å². The Morgan fingerprint density at radius 1 is 0.951 bits per heavy atom. The van der Waals surface area contributed by atoms with Gasteiger partial charge in [-0.2, -0.15) is 0 Å². The number of aliphatic hydroxyl groups is 1. The van der Waals surface area contributed by atoms with Crippen LogP contribution in [0, 0.1) is 0 Å². The van der Waals surface area contributed by atoms with E-state index in [1.54, 1.807) is 12.1 Å². The van der Waals surface area contributed by atoms with Crippen LogP contribution in [0.3, 0.4) is 0 Å². The van der Waals surface area contributed by atoms with E-state index in [-0.39, 0.29) is 17.6 Å². The van der Waals surface area contributed by atoms with E-state index in [0.717, 1.165) is 41.5 Å². The highest BCUT2D eigenvalue weighted by Crippen LogP contribution is 2.30. The number of H-pyrrole nitrogens is 1. The van der Waals surface area contributed by atoms with Gasteiger partial charge in [0.2, 0.25) is 5.56 Å². The maximum atomic E-state index is 12.4. The third kappa shape index (κ3) is 7.96. The van der Waals surface area contributed by atoms with E-state index in [2.05, 4.69) is 20.9 Å². The number of aromatic nitrogens is 1. The molecule has 1 atom stereocenters. The first-order valence-corrected chi connectivity index (χ1v) is 14.4. The second kappa shape index (κ2) is 14.0. The first-order chi connectivity index (χ1) is 20.0. The van der Waals surface area contributed by atoms with Gasteiger partial charge < -0.3 is 30.8 Å². The smallest absolute Gasteiger partial charge is 0.319 e. The third-order valence-electron chi connectivity index (χ3n) is 7.54. The number of hydrogen-bond donors (Lipinski definition) is 5. The van der Waals surface area contributed by atoms with Gasteiger partial charge in [0.15, 0.2) is 0 Å². The highest BCUT2D eigenvalue weighted by Gasteiger charge is 2.16. The van der Waals surface area contributed by atoms with Crippen LogP contribution in [0.25, 0.3) is 10.9 Å². The highest BCUT2D eigenvalue weighted by atomic mass is 16.5. The number of carbonyl (C=O) groups excluding carboxylic acids is 1. The molecule has 1 fully saturated rings. The fourth-order valence-electron chi connectivity index (χ4n) is 5.38. The number of carbonyl (C=O) groups is 1. The van der Waals surface area contributed by atoms with E-state index in [4.69, 9.17) is 4.74 Å². The summed E-state index contributed by atoms with van der Waals surface area (Å²) < 4.78 is 6.02. The molecule has 1 aliphatic rings. The van der Waals surface area contributed by atoms with Crippen LogP contribution in [0.15, 0.2) is 83.7 Å². The van der Waals surface area contributed by atoms with Gasteiger partial charge in [0.25, 0.3) is 0 Å². The minimum atomic E-state index is -0.775. The molecule has 1 heterocycles. The Bertz CT molecular complexity index is 1500. The van der Waals surface area contributed by atoms with Crippen molar-refractivity contribution < 1.29 is 14.6 Å². The summed E-state index contributed by atoms with van der Waals surface area (Å²) >= 11 is 0. The minimum absolute atomic E-state index is 0.152. The lowest BCUT2D eigenvalue weighted by atomic mass is 9.96. The molecule has 41 heavy (non-hydrogen) atoms. The molecule has 1 aromatic heterocycles. The zero-order chi connectivity index (χ0) is 28.4. The molecule has 5 rings (SSSR count). The molecule has 0 unspecified atom stereocenters. The largest absolute Gasteiger partial charge is 0.487 e. The van der Waals surface area contributed by atoms with Crippen LogP contribution in [0.2, 0.25) is 0 Å². The van der Waals surface area contributed by atoms with Crippen LogP contribution in [0.1, 0.15) is 54.9 Å². The van der Waals surface area contributed by atoms with Crippen molar-refractivity contribution in [1.82, 2.24) is 15.6 Å². The molecule has 8 heteroatoms. The van der Waals surface area contributed by atoms with Crippen molar-refractivity contribution in [3.8, 4) is 5.75 Å². The molecule has 0 spiro atoms. The summed E-state index contributed by atoms with van der Waals surface area (Å²) in [5, 5.41) is 21.1. The van der Waals surface area contributed by atoms with Crippen LogP contribution in [0.5, 0.6) is 5.75 Å². The molecular formula is C33H38N4O4. The van der Waals surface area contributed by atoms with Crippen molar-refractivity contribution in [2.24, 2.45) is 0 Å². The lowest BCUT2D eigenvalue weighted by Crippen LogP contribution is -2.39. The van der Waals surface area contributed by atoms with Gasteiger partial charge in [0.1, 0.15) is 12.4 Å². The molecule has 1 aliphatic carbocycles. The number of fused-ring (bicyclic) bond motifs is 1. The molecule has 214 valence electrons. The number of ether oxygens (including phenoxy) is 1. The van der Waals surface area contributed by atoms with Gasteiger partial charge >= 0.3 is 6.03 Å². The second-order valence-corrected chi connectivity index (χ2v) is 10.6. The van der Waals surface area contributed by atoms with Crippen LogP contribution >= 0.6 is 0 Å². The molecule has 0 aliphatic heterocycles. The first-order valence-electron chi connectivity index (χ1n) is 14.4. The number of anilines is 1. The Hall–Kier alpha value is -4.14. The van der Waals surface area contributed by atoms with Crippen LogP contribution in [0.4, 0.5) is 10.5 Å². The van der Waals surface area contributed by atoms with Gasteiger partial charge in [-0.15, -0.1) is 0 Å². The Morgan fingerprint density at radius 3 is 2.59 bits per heavy atom. The fraction of sp³-hybridized carbons (Fsp3) is 0.333. The molecule has 0 radical (unpaired) electrons. The van der Waals surface area contributed by atoms with Crippen molar-refractivity contribution in [2.45, 2.75) is 57.3 Å². The van der Waals surface area contributed by atoms with Crippen LogP contribution < -0.4 is 26.2 Å². The predicted molar refractivity (Wildman–Crippen MR) is 162 cm³/mol. The fourth-order valence-corrected chi connectivity index (χ4v) is 5.38. The molecule has 0 bridgehead atoms. The van der Waals surface area contributed by atoms with Crippen LogP contribution in [-0.2, 0) is 13.0 Å². The average Bonchev–Trinajstić information content (AvgIpc) is 2.99. The maximum absolute atomic E-state index is 12.4. The maximum Gasteiger partial charge on any atom is 0.319 e. The standard InChI is InChI=1S/C33H38N4O4/c38-29(21-34-19-18-23-10-7-13-26(20-23)36-33(40)35-25-11-5-2-6-12-25)27-14-16-30(32-28(27)15-17-31(39)37-32)41-22-24-8-3-1-4-9-24/h1,3-4,7-10,13-17,20,25,29,34,38H,2,5-6,11-12,18-19,21-22H2,(H,37,39)(H2,35,36,40)/t29-/m1/s1. The van der Waals surface area contributed by atoms with E-state index in [1.807, 2.05) is 60.7 Å². The summed E-state index contributed by atoms with van der Waals surface area (Å²) in [7, 11) is 0. The monoisotopic (exact) mass is 554 g/mol. The third-order valence-corrected chi connectivity index (χ3v) is 7.54. The Balaban J connectivity index is 1.14. The summed E-state index contributed by atoms with van der Waals surface area (Å²) in [5.74, 6) is 0.561. The van der Waals surface area contributed by atoms with E-state index in [1.165, 1.54) is 25.3 Å². The van der Waals surface area contributed by atoms with Crippen LogP contribution in [-0.4, -0.2) is 35.3 Å². The minimum Gasteiger partial charge on any atom is -0.487 e. The number of rotatable bonds is 11. The number of benzene rings is 3. The molecule has 2 amide bonds. The number of nitrogens with one attached hydrogen (secondary N) is 4. The summed E-state index contributed by atoms with van der Waals surface area (Å²) in [5.41, 5.74) is 3.94. The molecular weight excluding hydrogens is 516 g/mol. The average molecular weight is 555 g/mol. The zero-order valence-electron chi connectivity index (χ0n) is 23.2. The van der Waals surface area contributed by atoms with Crippen molar-refractivity contribution in [1.29, 1.82) is 0 Å². The van der Waals surface area contributed by atoms with Gasteiger partial charge in [-0.25, -0.2) is 4.79 Å². The van der Waals surface area contributed by atoms with Gasteiger partial charge in [0, 0.05) is 29.7 Å². The summed E-state index contributed by atoms with van der Waals surface area (Å²) in [6, 6.07) is 24.6. The number of aromatic amines is 1. The van der Waals surface area contributed by atoms with Crippen molar-refractivity contribution in [3.63, 3.8) is 0 Å². The lowest BCUT2D eigenvalue weighted by Gasteiger charge is -2.22. The van der Waals surface area contributed by atoms with E-state index in [9.17, 15) is 14.7 Å².